The summed E-state index contributed by atoms with van der Waals surface area (Å²) < 4.78 is 5.46. The summed E-state index contributed by atoms with van der Waals surface area (Å²) in [6, 6.07) is 18.0. The minimum atomic E-state index is -0.00583. The number of ether oxygens (including phenoxy) is 1. The molecule has 1 fully saturated rings. The van der Waals surface area contributed by atoms with Crippen LogP contribution >= 0.6 is 11.3 Å². The first kappa shape index (κ1) is 19.3. The molecule has 1 amide bonds. The molecule has 150 valence electrons. The highest BCUT2D eigenvalue weighted by atomic mass is 32.1. The lowest BCUT2D eigenvalue weighted by Gasteiger charge is -2.35. The number of amides is 1. The van der Waals surface area contributed by atoms with Crippen molar-refractivity contribution in [1.29, 1.82) is 0 Å². The van der Waals surface area contributed by atoms with Crippen LogP contribution in [-0.2, 0) is 0 Å². The van der Waals surface area contributed by atoms with Gasteiger partial charge in [0.1, 0.15) is 11.4 Å². The number of thiazole rings is 1. The van der Waals surface area contributed by atoms with E-state index in [9.17, 15) is 4.79 Å². The van der Waals surface area contributed by atoms with Gasteiger partial charge in [0, 0.05) is 42.9 Å². The fourth-order valence-corrected chi connectivity index (χ4v) is 4.03. The lowest BCUT2D eigenvalue weighted by atomic mass is 10.2. The highest BCUT2D eigenvalue weighted by Gasteiger charge is 2.24. The standard InChI is InChI=1S/C22H24N4O2S/c1-2-28-19-10-8-17(9-11-19)23-22-24-20(16-29-22)21(27)26-14-12-25(13-15-26)18-6-4-3-5-7-18/h3-11,16H,2,12-15H2,1H3,(H,23,24). The number of hydrogen-bond acceptors (Lipinski definition) is 6. The molecule has 2 heterocycles. The molecule has 1 N–H and O–H groups in total. The summed E-state index contributed by atoms with van der Waals surface area (Å²) in [5.74, 6) is 0.830. The summed E-state index contributed by atoms with van der Waals surface area (Å²) in [6.07, 6.45) is 0. The van der Waals surface area contributed by atoms with Crippen molar-refractivity contribution in [3.63, 3.8) is 0 Å². The normalized spacial score (nSPS) is 14.0. The minimum absolute atomic E-state index is 0.00583. The maximum absolute atomic E-state index is 12.8. The molecule has 0 atom stereocenters. The molecule has 0 saturated carbocycles. The molecule has 29 heavy (non-hydrogen) atoms. The van der Waals surface area contributed by atoms with Crippen LogP contribution in [0.2, 0.25) is 0 Å². The molecule has 0 unspecified atom stereocenters. The monoisotopic (exact) mass is 408 g/mol. The van der Waals surface area contributed by atoms with Gasteiger partial charge in [-0.2, -0.15) is 0 Å². The van der Waals surface area contributed by atoms with Crippen LogP contribution in [0.3, 0.4) is 0 Å². The molecule has 1 aliphatic rings. The third-order valence-corrected chi connectivity index (χ3v) is 5.59. The summed E-state index contributed by atoms with van der Waals surface area (Å²) in [7, 11) is 0. The van der Waals surface area contributed by atoms with Gasteiger partial charge in [-0.25, -0.2) is 4.98 Å². The Balaban J connectivity index is 1.34. The number of nitrogens with zero attached hydrogens (tertiary/aromatic N) is 3. The molecule has 2 aromatic carbocycles. The van der Waals surface area contributed by atoms with Gasteiger partial charge >= 0.3 is 0 Å². The molecule has 6 nitrogen and oxygen atoms in total. The van der Waals surface area contributed by atoms with E-state index in [4.69, 9.17) is 4.74 Å². The van der Waals surface area contributed by atoms with Gasteiger partial charge in [0.05, 0.1) is 6.61 Å². The maximum Gasteiger partial charge on any atom is 0.273 e. The third kappa shape index (κ3) is 4.68. The van der Waals surface area contributed by atoms with Crippen LogP contribution in [0.25, 0.3) is 0 Å². The zero-order valence-electron chi connectivity index (χ0n) is 16.4. The maximum atomic E-state index is 12.8. The highest BCUT2D eigenvalue weighted by molar-refractivity contribution is 7.14. The van der Waals surface area contributed by atoms with Gasteiger partial charge in [0.25, 0.3) is 5.91 Å². The van der Waals surface area contributed by atoms with Crippen molar-refractivity contribution in [3.8, 4) is 5.75 Å². The van der Waals surface area contributed by atoms with E-state index in [2.05, 4.69) is 27.3 Å². The summed E-state index contributed by atoms with van der Waals surface area (Å²) >= 11 is 1.44. The number of anilines is 3. The Morgan fingerprint density at radius 2 is 1.79 bits per heavy atom. The second-order valence-electron chi connectivity index (χ2n) is 6.74. The molecular formula is C22H24N4O2S. The van der Waals surface area contributed by atoms with E-state index < -0.39 is 0 Å². The predicted molar refractivity (Wildman–Crippen MR) is 118 cm³/mol. The van der Waals surface area contributed by atoms with Gasteiger partial charge in [-0.1, -0.05) is 18.2 Å². The van der Waals surface area contributed by atoms with Crippen LogP contribution in [-0.4, -0.2) is 48.6 Å². The summed E-state index contributed by atoms with van der Waals surface area (Å²) in [5.41, 5.74) is 2.62. The Morgan fingerprint density at radius 3 is 2.48 bits per heavy atom. The first-order valence-corrected chi connectivity index (χ1v) is 10.7. The van der Waals surface area contributed by atoms with Crippen LogP contribution in [0.5, 0.6) is 5.75 Å². The second kappa shape index (κ2) is 8.96. The molecule has 1 aliphatic heterocycles. The van der Waals surface area contributed by atoms with Gasteiger partial charge in [-0.05, 0) is 43.3 Å². The SMILES string of the molecule is CCOc1ccc(Nc2nc(C(=O)N3CCN(c4ccccc4)CC3)cs2)cc1. The molecule has 4 rings (SSSR count). The van der Waals surface area contributed by atoms with Crippen molar-refractivity contribution >= 4 is 33.8 Å². The van der Waals surface area contributed by atoms with Gasteiger partial charge < -0.3 is 19.9 Å². The molecular weight excluding hydrogens is 384 g/mol. The highest BCUT2D eigenvalue weighted by Crippen LogP contribution is 2.24. The summed E-state index contributed by atoms with van der Waals surface area (Å²) in [6.45, 7) is 5.67. The lowest BCUT2D eigenvalue weighted by molar-refractivity contribution is 0.0742. The number of rotatable bonds is 6. The molecule has 0 spiro atoms. The molecule has 1 saturated heterocycles. The van der Waals surface area contributed by atoms with E-state index in [0.717, 1.165) is 24.5 Å². The molecule has 3 aromatic rings. The Hall–Kier alpha value is -3.06. The summed E-state index contributed by atoms with van der Waals surface area (Å²) in [5, 5.41) is 5.78. The fourth-order valence-electron chi connectivity index (χ4n) is 3.32. The van der Waals surface area contributed by atoms with E-state index >= 15 is 0 Å². The smallest absolute Gasteiger partial charge is 0.273 e. The molecule has 7 heteroatoms. The number of benzene rings is 2. The Bertz CT molecular complexity index is 935. The van der Waals surface area contributed by atoms with Gasteiger partial charge in [-0.15, -0.1) is 11.3 Å². The number of nitrogens with one attached hydrogen (secondary N) is 1. The zero-order chi connectivity index (χ0) is 20.1. The van der Waals surface area contributed by atoms with Crippen molar-refractivity contribution in [2.75, 3.05) is 43.0 Å². The number of carbonyl (C=O) groups excluding carboxylic acids is 1. The Labute approximate surface area is 174 Å². The van der Waals surface area contributed by atoms with E-state index in [1.54, 1.807) is 0 Å². The van der Waals surface area contributed by atoms with Gasteiger partial charge in [0.2, 0.25) is 0 Å². The molecule has 0 radical (unpaired) electrons. The van der Waals surface area contributed by atoms with Crippen LogP contribution in [0.15, 0.2) is 60.0 Å². The quantitative estimate of drug-likeness (QED) is 0.661. The molecule has 1 aromatic heterocycles. The third-order valence-electron chi connectivity index (χ3n) is 4.83. The van der Waals surface area contributed by atoms with E-state index in [0.29, 0.717) is 30.5 Å². The van der Waals surface area contributed by atoms with E-state index in [1.165, 1.54) is 17.0 Å². The zero-order valence-corrected chi connectivity index (χ0v) is 17.2. The number of carbonyl (C=O) groups is 1. The number of aromatic nitrogens is 1. The minimum Gasteiger partial charge on any atom is -0.494 e. The summed E-state index contributed by atoms with van der Waals surface area (Å²) in [4.78, 5) is 21.5. The number of piperazine rings is 1. The number of para-hydroxylation sites is 1. The average molecular weight is 409 g/mol. The van der Waals surface area contributed by atoms with Crippen molar-refractivity contribution in [3.05, 3.63) is 65.7 Å². The van der Waals surface area contributed by atoms with Crippen LogP contribution in [0.1, 0.15) is 17.4 Å². The van der Waals surface area contributed by atoms with Crippen molar-refractivity contribution in [2.45, 2.75) is 6.92 Å². The second-order valence-corrected chi connectivity index (χ2v) is 7.59. The van der Waals surface area contributed by atoms with Crippen molar-refractivity contribution in [2.24, 2.45) is 0 Å². The first-order chi connectivity index (χ1) is 14.2. The van der Waals surface area contributed by atoms with Crippen molar-refractivity contribution < 1.29 is 9.53 Å². The van der Waals surface area contributed by atoms with Gasteiger partial charge in [0.15, 0.2) is 5.13 Å². The van der Waals surface area contributed by atoms with Gasteiger partial charge in [-0.3, -0.25) is 4.79 Å². The average Bonchev–Trinajstić information content (AvgIpc) is 3.24. The van der Waals surface area contributed by atoms with E-state index in [-0.39, 0.29) is 5.91 Å². The van der Waals surface area contributed by atoms with Crippen LogP contribution < -0.4 is 15.0 Å². The Kier molecular flexibility index (Phi) is 5.95. The topological polar surface area (TPSA) is 57.7 Å². The first-order valence-electron chi connectivity index (χ1n) is 9.77. The molecule has 0 bridgehead atoms. The van der Waals surface area contributed by atoms with Crippen molar-refractivity contribution in [1.82, 2.24) is 9.88 Å². The van der Waals surface area contributed by atoms with Crippen LogP contribution in [0.4, 0.5) is 16.5 Å². The Morgan fingerprint density at radius 1 is 1.07 bits per heavy atom. The number of hydrogen-bond donors (Lipinski definition) is 1. The predicted octanol–water partition coefficient (Wildman–Crippen LogP) is 4.25. The largest absolute Gasteiger partial charge is 0.494 e. The van der Waals surface area contributed by atoms with E-state index in [1.807, 2.05) is 59.7 Å². The molecule has 0 aliphatic carbocycles. The fraction of sp³-hybridized carbons (Fsp3) is 0.273. The van der Waals surface area contributed by atoms with Crippen LogP contribution in [0, 0.1) is 0 Å². The lowest BCUT2D eigenvalue weighted by Crippen LogP contribution is -2.48.